The van der Waals surface area contributed by atoms with Gasteiger partial charge in [-0.1, -0.05) is 25.1 Å². The molecule has 7 heteroatoms. The average molecular weight is 376 g/mol. The molecule has 0 saturated carbocycles. The maximum atomic E-state index is 12.5. The van der Waals surface area contributed by atoms with E-state index in [1.54, 1.807) is 24.3 Å². The van der Waals surface area contributed by atoms with Gasteiger partial charge in [-0.15, -0.1) is 0 Å². The standard InChI is InChI=1S/C21H20N4O3/c1-3-14-6-4-5-7-17(14)24-21-22-13-12-18(25-21)19(26)23-16-10-8-15(9-11-16)20(27)28-2/h4-13H,3H2,1-2H3,(H,23,26)(H,22,24,25). The predicted octanol–water partition coefficient (Wildman–Crippen LogP) is 3.82. The van der Waals surface area contributed by atoms with Crippen molar-refractivity contribution in [3.63, 3.8) is 0 Å². The summed E-state index contributed by atoms with van der Waals surface area (Å²) in [5, 5.41) is 5.90. The fourth-order valence-electron chi connectivity index (χ4n) is 2.62. The predicted molar refractivity (Wildman–Crippen MR) is 107 cm³/mol. The minimum Gasteiger partial charge on any atom is -0.465 e. The molecule has 0 bridgehead atoms. The zero-order valence-corrected chi connectivity index (χ0v) is 15.6. The van der Waals surface area contributed by atoms with Crippen LogP contribution in [0.3, 0.4) is 0 Å². The van der Waals surface area contributed by atoms with Gasteiger partial charge in [0, 0.05) is 17.6 Å². The van der Waals surface area contributed by atoms with E-state index in [1.807, 2.05) is 24.3 Å². The van der Waals surface area contributed by atoms with Crippen LogP contribution in [0.4, 0.5) is 17.3 Å². The number of para-hydroxylation sites is 1. The molecule has 1 aromatic heterocycles. The molecule has 0 radical (unpaired) electrons. The Morgan fingerprint density at radius 1 is 1.04 bits per heavy atom. The number of carbonyl (C=O) groups excluding carboxylic acids is 2. The number of carbonyl (C=O) groups is 2. The van der Waals surface area contributed by atoms with Crippen molar-refractivity contribution in [3.8, 4) is 0 Å². The van der Waals surface area contributed by atoms with E-state index in [0.29, 0.717) is 17.2 Å². The summed E-state index contributed by atoms with van der Waals surface area (Å²) >= 11 is 0. The van der Waals surface area contributed by atoms with Gasteiger partial charge in [0.2, 0.25) is 5.95 Å². The Kier molecular flexibility index (Phi) is 5.96. The molecule has 2 N–H and O–H groups in total. The second-order valence-corrected chi connectivity index (χ2v) is 5.92. The summed E-state index contributed by atoms with van der Waals surface area (Å²) in [5.41, 5.74) is 3.21. The fraction of sp³-hybridized carbons (Fsp3) is 0.143. The average Bonchev–Trinajstić information content (AvgIpc) is 2.74. The summed E-state index contributed by atoms with van der Waals surface area (Å²) in [6.07, 6.45) is 2.39. The van der Waals surface area contributed by atoms with Crippen LogP contribution in [0.1, 0.15) is 33.3 Å². The Bertz CT molecular complexity index is 987. The number of benzene rings is 2. The van der Waals surface area contributed by atoms with E-state index in [1.165, 1.54) is 19.4 Å². The largest absolute Gasteiger partial charge is 0.465 e. The van der Waals surface area contributed by atoms with Crippen LogP contribution >= 0.6 is 0 Å². The van der Waals surface area contributed by atoms with Crippen LogP contribution in [0.25, 0.3) is 0 Å². The lowest BCUT2D eigenvalue weighted by Gasteiger charge is -2.10. The number of rotatable bonds is 6. The van der Waals surface area contributed by atoms with E-state index >= 15 is 0 Å². The lowest BCUT2D eigenvalue weighted by molar-refractivity contribution is 0.0600. The van der Waals surface area contributed by atoms with Gasteiger partial charge in [-0.3, -0.25) is 4.79 Å². The van der Waals surface area contributed by atoms with Crippen molar-refractivity contribution in [2.75, 3.05) is 17.7 Å². The highest BCUT2D eigenvalue weighted by Gasteiger charge is 2.11. The molecule has 0 unspecified atom stereocenters. The second-order valence-electron chi connectivity index (χ2n) is 5.92. The highest BCUT2D eigenvalue weighted by atomic mass is 16.5. The third kappa shape index (κ3) is 4.50. The Morgan fingerprint density at radius 3 is 2.50 bits per heavy atom. The molecular weight excluding hydrogens is 356 g/mol. The van der Waals surface area contributed by atoms with Gasteiger partial charge in [-0.25, -0.2) is 14.8 Å². The minimum absolute atomic E-state index is 0.225. The second kappa shape index (κ2) is 8.77. The van der Waals surface area contributed by atoms with Gasteiger partial charge in [0.1, 0.15) is 5.69 Å². The summed E-state index contributed by atoms with van der Waals surface area (Å²) in [7, 11) is 1.32. The smallest absolute Gasteiger partial charge is 0.337 e. The monoisotopic (exact) mass is 376 g/mol. The van der Waals surface area contributed by atoms with E-state index in [4.69, 9.17) is 0 Å². The van der Waals surface area contributed by atoms with Gasteiger partial charge in [-0.05, 0) is 48.4 Å². The molecule has 0 spiro atoms. The third-order valence-corrected chi connectivity index (χ3v) is 4.10. The van der Waals surface area contributed by atoms with Crippen LogP contribution in [0.5, 0.6) is 0 Å². The maximum Gasteiger partial charge on any atom is 0.337 e. The molecule has 2 aromatic carbocycles. The molecule has 0 saturated heterocycles. The number of hydrogen-bond acceptors (Lipinski definition) is 6. The van der Waals surface area contributed by atoms with Gasteiger partial charge < -0.3 is 15.4 Å². The van der Waals surface area contributed by atoms with Crippen LogP contribution in [0.15, 0.2) is 60.8 Å². The van der Waals surface area contributed by atoms with Gasteiger partial charge >= 0.3 is 5.97 Å². The van der Waals surface area contributed by atoms with Gasteiger partial charge in [0.25, 0.3) is 5.91 Å². The zero-order valence-electron chi connectivity index (χ0n) is 15.6. The molecule has 0 aliphatic carbocycles. The quantitative estimate of drug-likeness (QED) is 0.635. The van der Waals surface area contributed by atoms with Crippen LogP contribution in [-0.2, 0) is 11.2 Å². The number of hydrogen-bond donors (Lipinski definition) is 2. The zero-order chi connectivity index (χ0) is 19.9. The Balaban J connectivity index is 1.72. The summed E-state index contributed by atoms with van der Waals surface area (Å²) in [6, 6.07) is 15.8. The summed E-state index contributed by atoms with van der Waals surface area (Å²) < 4.78 is 4.65. The first-order valence-corrected chi connectivity index (χ1v) is 8.78. The molecule has 0 atom stereocenters. The first-order chi connectivity index (χ1) is 13.6. The van der Waals surface area contributed by atoms with Crippen LogP contribution in [0, 0.1) is 0 Å². The van der Waals surface area contributed by atoms with Crippen LogP contribution < -0.4 is 10.6 Å². The number of esters is 1. The summed E-state index contributed by atoms with van der Waals surface area (Å²) in [5.74, 6) is -0.466. The molecule has 3 aromatic rings. The molecule has 1 amide bonds. The van der Waals surface area contributed by atoms with Crippen LogP contribution in [0.2, 0.25) is 0 Å². The lowest BCUT2D eigenvalue weighted by Crippen LogP contribution is -2.15. The molecule has 3 rings (SSSR count). The van der Waals surface area contributed by atoms with E-state index in [-0.39, 0.29) is 11.6 Å². The van der Waals surface area contributed by atoms with Gasteiger partial charge in [0.15, 0.2) is 0 Å². The Labute approximate surface area is 162 Å². The van der Waals surface area contributed by atoms with Gasteiger partial charge in [-0.2, -0.15) is 0 Å². The van der Waals surface area contributed by atoms with Crippen molar-refractivity contribution >= 4 is 29.2 Å². The minimum atomic E-state index is -0.434. The van der Waals surface area contributed by atoms with E-state index < -0.39 is 5.97 Å². The SMILES string of the molecule is CCc1ccccc1Nc1nccc(C(=O)Nc2ccc(C(=O)OC)cc2)n1. The maximum absolute atomic E-state index is 12.5. The number of aromatic nitrogens is 2. The highest BCUT2D eigenvalue weighted by molar-refractivity contribution is 6.03. The number of anilines is 3. The first kappa shape index (κ1) is 19.0. The molecule has 1 heterocycles. The van der Waals surface area contributed by atoms with Crippen LogP contribution in [-0.4, -0.2) is 29.0 Å². The third-order valence-electron chi connectivity index (χ3n) is 4.10. The van der Waals surface area contributed by atoms with E-state index in [2.05, 4.69) is 32.3 Å². The van der Waals surface area contributed by atoms with Gasteiger partial charge in [0.05, 0.1) is 12.7 Å². The van der Waals surface area contributed by atoms with Crippen molar-refractivity contribution < 1.29 is 14.3 Å². The van der Waals surface area contributed by atoms with Crippen molar-refractivity contribution in [3.05, 3.63) is 77.6 Å². The van der Waals surface area contributed by atoms with Crippen molar-refractivity contribution in [2.45, 2.75) is 13.3 Å². The normalized spacial score (nSPS) is 10.2. The van der Waals surface area contributed by atoms with E-state index in [0.717, 1.165) is 17.7 Å². The van der Waals surface area contributed by atoms with E-state index in [9.17, 15) is 9.59 Å². The number of nitrogens with zero attached hydrogens (tertiary/aromatic N) is 2. The summed E-state index contributed by atoms with van der Waals surface area (Å²) in [4.78, 5) is 32.4. The number of aryl methyl sites for hydroxylation is 1. The Hall–Kier alpha value is -3.74. The van der Waals surface area contributed by atoms with Crippen molar-refractivity contribution in [1.82, 2.24) is 9.97 Å². The number of methoxy groups -OCH3 is 1. The fourth-order valence-corrected chi connectivity index (χ4v) is 2.62. The summed E-state index contributed by atoms with van der Waals surface area (Å²) in [6.45, 7) is 2.07. The molecule has 142 valence electrons. The molecule has 7 nitrogen and oxygen atoms in total. The number of ether oxygens (including phenoxy) is 1. The number of amides is 1. The Morgan fingerprint density at radius 2 is 1.79 bits per heavy atom. The van der Waals surface area contributed by atoms with Crippen molar-refractivity contribution in [1.29, 1.82) is 0 Å². The van der Waals surface area contributed by atoms with Crippen molar-refractivity contribution in [2.24, 2.45) is 0 Å². The molecule has 0 aliphatic rings. The lowest BCUT2D eigenvalue weighted by atomic mass is 10.1. The molecule has 28 heavy (non-hydrogen) atoms. The topological polar surface area (TPSA) is 93.2 Å². The molecule has 0 fully saturated rings. The molecular formula is C21H20N4O3. The number of nitrogens with one attached hydrogen (secondary N) is 2. The molecule has 0 aliphatic heterocycles. The highest BCUT2D eigenvalue weighted by Crippen LogP contribution is 2.19. The first-order valence-electron chi connectivity index (χ1n) is 8.78.